The van der Waals surface area contributed by atoms with Crippen molar-refractivity contribution in [3.05, 3.63) is 0 Å². The molecular formula is C13H25BN2O2. The van der Waals surface area contributed by atoms with Crippen LogP contribution >= 0.6 is 0 Å². The minimum Gasteiger partial charge on any atom is -0.331 e. The summed E-state index contributed by atoms with van der Waals surface area (Å²) in [5.74, 6) is 0.152. The van der Waals surface area contributed by atoms with Gasteiger partial charge in [0.05, 0.1) is 6.54 Å². The summed E-state index contributed by atoms with van der Waals surface area (Å²) >= 11 is 0. The first kappa shape index (κ1) is 15.2. The Hall–Kier alpha value is -0.835. The summed E-state index contributed by atoms with van der Waals surface area (Å²) in [4.78, 5) is 25.1. The Morgan fingerprint density at radius 1 is 1.39 bits per heavy atom. The van der Waals surface area contributed by atoms with Gasteiger partial charge in [0.2, 0.25) is 5.91 Å². The van der Waals surface area contributed by atoms with Gasteiger partial charge in [-0.05, 0) is 32.5 Å². The Balaban J connectivity index is 2.76. The first-order chi connectivity index (χ1) is 8.45. The predicted molar refractivity (Wildman–Crippen MR) is 75.4 cm³/mol. The van der Waals surface area contributed by atoms with E-state index in [1.54, 1.807) is 11.8 Å². The van der Waals surface area contributed by atoms with Gasteiger partial charge < -0.3 is 10.2 Å². The summed E-state index contributed by atoms with van der Waals surface area (Å²) in [7, 11) is 1.86. The third-order valence-electron chi connectivity index (χ3n) is 3.44. The molecule has 0 aromatic rings. The largest absolute Gasteiger partial charge is 0.331 e. The Kier molecular flexibility index (Phi) is 5.86. The third kappa shape index (κ3) is 4.12. The van der Waals surface area contributed by atoms with Crippen LogP contribution in [0.5, 0.6) is 0 Å². The van der Waals surface area contributed by atoms with Crippen molar-refractivity contribution >= 4 is 19.5 Å². The van der Waals surface area contributed by atoms with Gasteiger partial charge in [-0.1, -0.05) is 13.8 Å². The van der Waals surface area contributed by atoms with Crippen LogP contribution in [0.4, 0.5) is 0 Å². The van der Waals surface area contributed by atoms with Gasteiger partial charge in [-0.2, -0.15) is 0 Å². The van der Waals surface area contributed by atoms with Crippen LogP contribution in [0, 0.1) is 0 Å². The summed E-state index contributed by atoms with van der Waals surface area (Å²) < 4.78 is 0. The first-order valence-corrected chi connectivity index (χ1v) is 7.00. The fourth-order valence-electron chi connectivity index (χ4n) is 2.77. The molecule has 18 heavy (non-hydrogen) atoms. The van der Waals surface area contributed by atoms with Crippen molar-refractivity contribution in [2.45, 2.75) is 64.5 Å². The highest BCUT2D eigenvalue weighted by Crippen LogP contribution is 2.25. The number of hydrogen-bond donors (Lipinski definition) is 1. The van der Waals surface area contributed by atoms with E-state index in [4.69, 9.17) is 0 Å². The zero-order valence-electron chi connectivity index (χ0n) is 12.0. The van der Waals surface area contributed by atoms with Crippen LogP contribution in [0.2, 0.25) is 6.32 Å². The van der Waals surface area contributed by atoms with E-state index in [9.17, 15) is 9.59 Å². The second-order valence-corrected chi connectivity index (χ2v) is 5.50. The van der Waals surface area contributed by atoms with Crippen LogP contribution in [0.3, 0.4) is 0 Å². The van der Waals surface area contributed by atoms with Crippen molar-refractivity contribution < 1.29 is 9.59 Å². The minimum absolute atomic E-state index is 0.0620. The second-order valence-electron chi connectivity index (χ2n) is 5.50. The number of nitrogens with zero attached hydrogens (tertiary/aromatic N) is 1. The molecule has 1 aliphatic carbocycles. The standard InChI is InChI=1S/C13H25BN2O2/c1-9(2)15-11-5-4-6-12(11)16(8-10(3)17)13(18)7-14/h9,11-12,15H,4-8,14H2,1-3H3. The van der Waals surface area contributed by atoms with Crippen LogP contribution in [0.1, 0.15) is 40.0 Å². The lowest BCUT2D eigenvalue weighted by molar-refractivity contribution is -0.135. The monoisotopic (exact) mass is 252 g/mol. The number of amides is 1. The van der Waals surface area contributed by atoms with Crippen LogP contribution in [-0.2, 0) is 9.59 Å². The van der Waals surface area contributed by atoms with E-state index in [2.05, 4.69) is 19.2 Å². The normalized spacial score (nSPS) is 23.3. The molecule has 2 atom stereocenters. The molecule has 5 heteroatoms. The topological polar surface area (TPSA) is 49.4 Å². The molecular weight excluding hydrogens is 227 g/mol. The summed E-state index contributed by atoms with van der Waals surface area (Å²) in [6, 6.07) is 0.926. The van der Waals surface area contributed by atoms with Crippen LogP contribution in [-0.4, -0.2) is 49.1 Å². The summed E-state index contributed by atoms with van der Waals surface area (Å²) in [5.41, 5.74) is 0. The molecule has 0 spiro atoms. The number of carbonyl (C=O) groups is 2. The number of nitrogens with one attached hydrogen (secondary N) is 1. The van der Waals surface area contributed by atoms with Crippen LogP contribution in [0.25, 0.3) is 0 Å². The zero-order valence-corrected chi connectivity index (χ0v) is 12.0. The molecule has 0 heterocycles. The molecule has 0 aromatic carbocycles. The smallest absolute Gasteiger partial charge is 0.215 e. The van der Waals surface area contributed by atoms with E-state index in [1.165, 1.54) is 0 Å². The molecule has 0 bridgehead atoms. The molecule has 1 saturated carbocycles. The molecule has 0 aromatic heterocycles. The number of ketones is 1. The number of rotatable bonds is 6. The molecule has 0 radical (unpaired) electrons. The van der Waals surface area contributed by atoms with Gasteiger partial charge in [-0.25, -0.2) is 0 Å². The quantitative estimate of drug-likeness (QED) is 0.695. The molecule has 0 aliphatic heterocycles. The SMILES string of the molecule is BCC(=O)N(CC(C)=O)C1CCCC1NC(C)C. The maximum absolute atomic E-state index is 12.0. The van der Waals surface area contributed by atoms with Crippen molar-refractivity contribution in [2.24, 2.45) is 0 Å². The van der Waals surface area contributed by atoms with E-state index < -0.39 is 0 Å². The van der Waals surface area contributed by atoms with Crippen molar-refractivity contribution in [1.29, 1.82) is 0 Å². The van der Waals surface area contributed by atoms with E-state index in [0.29, 0.717) is 18.4 Å². The summed E-state index contributed by atoms with van der Waals surface area (Å²) in [6.07, 6.45) is 3.69. The molecule has 1 amide bonds. The average Bonchev–Trinajstić information content (AvgIpc) is 2.71. The Morgan fingerprint density at radius 2 is 2.06 bits per heavy atom. The number of Topliss-reactive ketones (excluding diaryl/α,β-unsaturated/α-hetero) is 1. The number of carbonyl (C=O) groups excluding carboxylic acids is 2. The molecule has 2 unspecified atom stereocenters. The highest BCUT2D eigenvalue weighted by atomic mass is 16.2. The molecule has 1 rings (SSSR count). The first-order valence-electron chi connectivity index (χ1n) is 7.00. The van der Waals surface area contributed by atoms with Crippen molar-refractivity contribution in [3.8, 4) is 0 Å². The van der Waals surface area contributed by atoms with Gasteiger partial charge in [0.15, 0.2) is 0 Å². The lowest BCUT2D eigenvalue weighted by Crippen LogP contribution is -2.52. The zero-order chi connectivity index (χ0) is 13.7. The van der Waals surface area contributed by atoms with Crippen molar-refractivity contribution in [1.82, 2.24) is 10.2 Å². The molecule has 102 valence electrons. The molecule has 0 saturated heterocycles. The van der Waals surface area contributed by atoms with E-state index in [-0.39, 0.29) is 24.3 Å². The maximum Gasteiger partial charge on any atom is 0.215 e. The second kappa shape index (κ2) is 6.93. The molecule has 1 aliphatic rings. The van der Waals surface area contributed by atoms with Crippen molar-refractivity contribution in [3.63, 3.8) is 0 Å². The van der Waals surface area contributed by atoms with E-state index >= 15 is 0 Å². The highest BCUT2D eigenvalue weighted by molar-refractivity contribution is 6.19. The fourth-order valence-corrected chi connectivity index (χ4v) is 2.77. The van der Waals surface area contributed by atoms with Crippen LogP contribution < -0.4 is 5.32 Å². The molecule has 4 nitrogen and oxygen atoms in total. The molecule has 1 fully saturated rings. The van der Waals surface area contributed by atoms with Gasteiger partial charge in [0, 0.05) is 18.1 Å². The summed E-state index contributed by atoms with van der Waals surface area (Å²) in [6.45, 7) is 6.04. The van der Waals surface area contributed by atoms with Gasteiger partial charge >= 0.3 is 0 Å². The highest BCUT2D eigenvalue weighted by Gasteiger charge is 2.34. The lowest BCUT2D eigenvalue weighted by atomic mass is 10.0. The Bertz CT molecular complexity index is 307. The van der Waals surface area contributed by atoms with E-state index in [1.807, 2.05) is 7.85 Å². The van der Waals surface area contributed by atoms with Crippen molar-refractivity contribution in [2.75, 3.05) is 6.54 Å². The Labute approximate surface area is 111 Å². The maximum atomic E-state index is 12.0. The molecule has 1 N–H and O–H groups in total. The van der Waals surface area contributed by atoms with E-state index in [0.717, 1.165) is 19.3 Å². The van der Waals surface area contributed by atoms with Gasteiger partial charge in [0.1, 0.15) is 13.6 Å². The fraction of sp³-hybridized carbons (Fsp3) is 0.846. The van der Waals surface area contributed by atoms with Gasteiger partial charge in [-0.3, -0.25) is 9.59 Å². The third-order valence-corrected chi connectivity index (χ3v) is 3.44. The predicted octanol–water partition coefficient (Wildman–Crippen LogP) is 0.375. The van der Waals surface area contributed by atoms with Gasteiger partial charge in [-0.15, -0.1) is 0 Å². The number of hydrogen-bond acceptors (Lipinski definition) is 3. The van der Waals surface area contributed by atoms with Gasteiger partial charge in [0.25, 0.3) is 0 Å². The average molecular weight is 252 g/mol. The lowest BCUT2D eigenvalue weighted by Gasteiger charge is -2.33. The Morgan fingerprint density at radius 3 is 2.56 bits per heavy atom. The van der Waals surface area contributed by atoms with Crippen LogP contribution in [0.15, 0.2) is 0 Å². The minimum atomic E-state index is 0.0620. The summed E-state index contributed by atoms with van der Waals surface area (Å²) in [5, 5.41) is 3.52.